The Morgan fingerprint density at radius 3 is 2.94 bits per heavy atom. The highest BCUT2D eigenvalue weighted by Crippen LogP contribution is 2.21. The summed E-state index contributed by atoms with van der Waals surface area (Å²) in [5.41, 5.74) is 1.34. The largest absolute Gasteiger partial charge is 0.353 e. The molecule has 3 rings (SSSR count). The maximum absolute atomic E-state index is 6.02. The summed E-state index contributed by atoms with van der Waals surface area (Å²) in [7, 11) is 0. The topological polar surface area (TPSA) is 69.1 Å². The Kier molecular flexibility index (Phi) is 1.90. The van der Waals surface area contributed by atoms with Crippen molar-refractivity contribution in [3.8, 4) is 11.6 Å². The van der Waals surface area contributed by atoms with Crippen molar-refractivity contribution in [2.24, 2.45) is 0 Å². The van der Waals surface area contributed by atoms with Crippen molar-refractivity contribution in [3.63, 3.8) is 0 Å². The van der Waals surface area contributed by atoms with Gasteiger partial charge in [0.25, 0.3) is 0 Å². The van der Waals surface area contributed by atoms with Crippen LogP contribution in [-0.4, -0.2) is 24.7 Å². The number of aromatic nitrogens is 5. The van der Waals surface area contributed by atoms with Crippen molar-refractivity contribution >= 4 is 17.2 Å². The molecule has 6 nitrogen and oxygen atoms in total. The predicted octanol–water partition coefficient (Wildman–Crippen LogP) is 1.74. The fraction of sp³-hybridized carbons (Fsp3) is 0.111. The number of nitrogens with zero attached hydrogens (tertiary/aromatic N) is 5. The summed E-state index contributed by atoms with van der Waals surface area (Å²) >= 11 is 6.02. The molecule has 0 saturated heterocycles. The molecule has 0 amide bonds. The first kappa shape index (κ1) is 9.29. The molecule has 3 aromatic heterocycles. The monoisotopic (exact) mass is 235 g/mol. The van der Waals surface area contributed by atoms with Crippen molar-refractivity contribution in [3.05, 3.63) is 29.3 Å². The molecular formula is C9H6ClN5O. The number of halogens is 1. The van der Waals surface area contributed by atoms with Gasteiger partial charge in [-0.15, -0.1) is 10.2 Å². The molecule has 0 aliphatic rings. The van der Waals surface area contributed by atoms with E-state index in [2.05, 4.69) is 20.3 Å². The molecular weight excluding hydrogens is 230 g/mol. The van der Waals surface area contributed by atoms with Crippen LogP contribution in [0.4, 0.5) is 0 Å². The summed E-state index contributed by atoms with van der Waals surface area (Å²) in [6.45, 7) is 1.83. The Bertz CT molecular complexity index is 659. The number of fused-ring (bicyclic) bond motifs is 1. The summed E-state index contributed by atoms with van der Waals surface area (Å²) in [5, 5.41) is 12.2. The van der Waals surface area contributed by atoms with Gasteiger partial charge in [-0.1, -0.05) is 16.8 Å². The summed E-state index contributed by atoms with van der Waals surface area (Å²) in [4.78, 5) is 3.92. The second kappa shape index (κ2) is 3.28. The zero-order chi connectivity index (χ0) is 11.1. The molecule has 0 aliphatic carbocycles. The van der Waals surface area contributed by atoms with E-state index in [1.807, 2.05) is 6.92 Å². The first-order valence-electron chi connectivity index (χ1n) is 4.54. The van der Waals surface area contributed by atoms with Crippen LogP contribution in [0.5, 0.6) is 0 Å². The van der Waals surface area contributed by atoms with Crippen LogP contribution in [-0.2, 0) is 0 Å². The summed E-state index contributed by atoms with van der Waals surface area (Å²) in [5.74, 6) is 1.04. The lowest BCUT2D eigenvalue weighted by molar-refractivity contribution is 0.424. The fourth-order valence-electron chi connectivity index (χ4n) is 1.44. The highest BCUT2D eigenvalue weighted by Gasteiger charge is 2.14. The van der Waals surface area contributed by atoms with Crippen LogP contribution in [0, 0.1) is 6.92 Å². The van der Waals surface area contributed by atoms with E-state index in [9.17, 15) is 0 Å². The molecule has 7 heteroatoms. The molecule has 0 atom stereocenters. The highest BCUT2D eigenvalue weighted by atomic mass is 35.5. The standard InChI is InChI=1S/C9H6ClN5O/c1-5-2-6(16-14-5)9-13-12-8-4-11-3-7(10)15(8)9/h2-4H,1H3. The van der Waals surface area contributed by atoms with Gasteiger partial charge in [0.2, 0.25) is 11.6 Å². The zero-order valence-corrected chi connectivity index (χ0v) is 9.01. The maximum Gasteiger partial charge on any atom is 0.208 e. The van der Waals surface area contributed by atoms with Gasteiger partial charge in [-0.2, -0.15) is 0 Å². The molecule has 0 aromatic carbocycles. The quantitative estimate of drug-likeness (QED) is 0.643. The van der Waals surface area contributed by atoms with E-state index in [1.54, 1.807) is 16.7 Å². The van der Waals surface area contributed by atoms with Crippen LogP contribution in [0.1, 0.15) is 5.69 Å². The Morgan fingerprint density at radius 2 is 2.19 bits per heavy atom. The highest BCUT2D eigenvalue weighted by molar-refractivity contribution is 6.29. The second-order valence-electron chi connectivity index (χ2n) is 3.28. The molecule has 3 aromatic rings. The van der Waals surface area contributed by atoms with Crippen LogP contribution in [0.25, 0.3) is 17.2 Å². The van der Waals surface area contributed by atoms with Crippen molar-refractivity contribution in [2.75, 3.05) is 0 Å². The Hall–Kier alpha value is -1.95. The van der Waals surface area contributed by atoms with Crippen LogP contribution in [0.15, 0.2) is 23.0 Å². The lowest BCUT2D eigenvalue weighted by Gasteiger charge is -1.97. The lowest BCUT2D eigenvalue weighted by Crippen LogP contribution is -1.91. The molecule has 80 valence electrons. The van der Waals surface area contributed by atoms with Gasteiger partial charge in [0, 0.05) is 6.07 Å². The average molecular weight is 236 g/mol. The SMILES string of the molecule is Cc1cc(-c2nnc3cncc(Cl)n23)on1. The second-order valence-corrected chi connectivity index (χ2v) is 3.67. The maximum atomic E-state index is 6.02. The number of aryl methyl sites for hydroxylation is 1. The van der Waals surface area contributed by atoms with Gasteiger partial charge < -0.3 is 4.52 Å². The summed E-state index contributed by atoms with van der Waals surface area (Å²) in [6.07, 6.45) is 3.09. The predicted molar refractivity (Wildman–Crippen MR) is 56.0 cm³/mol. The molecule has 0 saturated carbocycles. The van der Waals surface area contributed by atoms with E-state index in [-0.39, 0.29) is 0 Å². The van der Waals surface area contributed by atoms with Gasteiger partial charge in [0.1, 0.15) is 5.15 Å². The van der Waals surface area contributed by atoms with E-state index in [4.69, 9.17) is 16.1 Å². The minimum Gasteiger partial charge on any atom is -0.353 e. The Morgan fingerprint density at radius 1 is 1.31 bits per heavy atom. The third kappa shape index (κ3) is 1.27. The number of rotatable bonds is 1. The first-order chi connectivity index (χ1) is 7.75. The van der Waals surface area contributed by atoms with Gasteiger partial charge >= 0.3 is 0 Å². The number of hydrogen-bond donors (Lipinski definition) is 0. The van der Waals surface area contributed by atoms with Crippen LogP contribution in [0.3, 0.4) is 0 Å². The van der Waals surface area contributed by atoms with Crippen LogP contribution < -0.4 is 0 Å². The number of hydrogen-bond acceptors (Lipinski definition) is 5. The minimum absolute atomic E-state index is 0.423. The van der Waals surface area contributed by atoms with Gasteiger partial charge in [-0.05, 0) is 6.92 Å². The molecule has 0 fully saturated rings. The van der Waals surface area contributed by atoms with E-state index in [0.717, 1.165) is 5.69 Å². The molecule has 0 aliphatic heterocycles. The van der Waals surface area contributed by atoms with E-state index >= 15 is 0 Å². The normalized spacial score (nSPS) is 11.1. The minimum atomic E-state index is 0.423. The molecule has 0 bridgehead atoms. The van der Waals surface area contributed by atoms with Crippen molar-refractivity contribution < 1.29 is 4.52 Å². The first-order valence-corrected chi connectivity index (χ1v) is 4.92. The van der Waals surface area contributed by atoms with Crippen LogP contribution in [0.2, 0.25) is 5.15 Å². The van der Waals surface area contributed by atoms with Crippen molar-refractivity contribution in [1.82, 2.24) is 24.7 Å². The molecule has 3 heterocycles. The molecule has 0 N–H and O–H groups in total. The molecule has 16 heavy (non-hydrogen) atoms. The van der Waals surface area contributed by atoms with Gasteiger partial charge in [0.05, 0.1) is 18.1 Å². The Balaban J connectivity index is 2.32. The third-order valence-electron chi connectivity index (χ3n) is 2.12. The van der Waals surface area contributed by atoms with E-state index in [1.165, 1.54) is 6.20 Å². The van der Waals surface area contributed by atoms with Crippen molar-refractivity contribution in [1.29, 1.82) is 0 Å². The fourth-order valence-corrected chi connectivity index (χ4v) is 1.67. The van der Waals surface area contributed by atoms with E-state index in [0.29, 0.717) is 22.4 Å². The lowest BCUT2D eigenvalue weighted by atomic mass is 10.4. The van der Waals surface area contributed by atoms with E-state index < -0.39 is 0 Å². The van der Waals surface area contributed by atoms with Crippen LogP contribution >= 0.6 is 11.6 Å². The Labute approximate surface area is 94.9 Å². The average Bonchev–Trinajstić information content (AvgIpc) is 2.84. The zero-order valence-electron chi connectivity index (χ0n) is 8.25. The third-order valence-corrected chi connectivity index (χ3v) is 2.39. The summed E-state index contributed by atoms with van der Waals surface area (Å²) in [6, 6.07) is 1.77. The summed E-state index contributed by atoms with van der Waals surface area (Å²) < 4.78 is 6.77. The molecule has 0 radical (unpaired) electrons. The van der Waals surface area contributed by atoms with Gasteiger partial charge in [0.15, 0.2) is 5.65 Å². The molecule has 0 spiro atoms. The van der Waals surface area contributed by atoms with Gasteiger partial charge in [-0.3, -0.25) is 9.38 Å². The smallest absolute Gasteiger partial charge is 0.208 e. The van der Waals surface area contributed by atoms with Gasteiger partial charge in [-0.25, -0.2) is 0 Å². The van der Waals surface area contributed by atoms with Crippen molar-refractivity contribution in [2.45, 2.75) is 6.92 Å². The molecule has 0 unspecified atom stereocenters.